The standard InChI is InChI=1S/C57H83N15O19/c1-27(2)45(54(87)63-25-44(80)65-38(26-73)52(85)66-34(17-18-40(59)76)49(82)62-24-43(79)64-37(57(90)91)21-31-13-15-32(75)16-14-31)69-51(84)36(23-42(61)78)68-55(88)47(29(5)74)71-53(86)39-12-9-19-72(39)56(89)46(28(3)4)70-50(83)35(20-30-10-7-6-8-11-30)67-48(81)33(58)22-41(60)77/h6-8,10-11,13-16,27-29,33-39,45-47,73-75H,9,12,17-26,58H2,1-5H3,(H2,59,76)(H2,60,77)(H2,61,78)(H,62,82)(H,63,87)(H,64,79)(H,65,80)(H,66,85)(H,67,81)(H,68,88)(H,69,84)(H,70,83)(H,71,86)(H,90,91)/t29-,33+,34+,35+,36+,37+,38+,39+,45+,46+,47+/m1/s1. The van der Waals surface area contributed by atoms with Crippen LogP contribution in [-0.4, -0.2) is 207 Å². The highest BCUT2D eigenvalue weighted by Crippen LogP contribution is 2.22. The summed E-state index contributed by atoms with van der Waals surface area (Å²) in [7, 11) is 0. The first-order valence-electron chi connectivity index (χ1n) is 28.9. The van der Waals surface area contributed by atoms with E-state index in [1.807, 2.05) is 0 Å². The Morgan fingerprint density at radius 1 is 0.538 bits per heavy atom. The minimum atomic E-state index is -1.86. The second kappa shape index (κ2) is 36.6. The second-order valence-corrected chi connectivity index (χ2v) is 22.3. The van der Waals surface area contributed by atoms with Crippen LogP contribution >= 0.6 is 0 Å². The summed E-state index contributed by atoms with van der Waals surface area (Å²) < 4.78 is 0. The minimum Gasteiger partial charge on any atom is -0.508 e. The molecule has 2 aromatic carbocycles. The van der Waals surface area contributed by atoms with Crippen molar-refractivity contribution in [1.82, 2.24) is 58.1 Å². The predicted molar refractivity (Wildman–Crippen MR) is 318 cm³/mol. The van der Waals surface area contributed by atoms with Gasteiger partial charge in [-0.05, 0) is 61.3 Å². The average Bonchev–Trinajstić information content (AvgIpc) is 2.41. The summed E-state index contributed by atoms with van der Waals surface area (Å²) >= 11 is 0. The number of carbonyl (C=O) groups excluding carboxylic acids is 14. The molecule has 0 aliphatic carbocycles. The molecule has 0 saturated carbocycles. The zero-order valence-corrected chi connectivity index (χ0v) is 50.9. The minimum absolute atomic E-state index is 0.00594. The Bertz CT molecular complexity index is 2950. The first-order valence-corrected chi connectivity index (χ1v) is 28.9. The Labute approximate surface area is 522 Å². The maximum atomic E-state index is 14.3. The van der Waals surface area contributed by atoms with Crippen molar-refractivity contribution in [1.29, 1.82) is 0 Å². The van der Waals surface area contributed by atoms with Gasteiger partial charge in [0.1, 0.15) is 60.1 Å². The van der Waals surface area contributed by atoms with E-state index in [1.165, 1.54) is 43.0 Å². The normalized spacial score (nSPS) is 16.0. The molecule has 2 aromatic rings. The van der Waals surface area contributed by atoms with Gasteiger partial charge < -0.3 is 101 Å². The fourth-order valence-corrected chi connectivity index (χ4v) is 9.16. The van der Waals surface area contributed by atoms with Crippen LogP contribution in [0.2, 0.25) is 0 Å². The van der Waals surface area contributed by atoms with E-state index in [2.05, 4.69) is 53.2 Å². The molecular weight excluding hydrogens is 1200 g/mol. The average molecular weight is 1280 g/mol. The van der Waals surface area contributed by atoms with Gasteiger partial charge in [-0.15, -0.1) is 0 Å². The lowest BCUT2D eigenvalue weighted by Gasteiger charge is -2.32. The molecule has 0 unspecified atom stereocenters. The third kappa shape index (κ3) is 25.3. The van der Waals surface area contributed by atoms with Gasteiger partial charge in [0.15, 0.2) is 0 Å². The number of aliphatic hydroxyl groups is 2. The Kier molecular flexibility index (Phi) is 30.3. The number of aliphatic carboxylic acids is 1. The Balaban J connectivity index is 1.67. The molecule has 22 N–H and O–H groups in total. The molecular formula is C57H83N15O19. The zero-order valence-electron chi connectivity index (χ0n) is 50.9. The topological polar surface area (TPSA) is 565 Å². The maximum absolute atomic E-state index is 14.3. The molecule has 0 aromatic heterocycles. The predicted octanol–water partition coefficient (Wildman–Crippen LogP) is -7.61. The zero-order chi connectivity index (χ0) is 68.4. The number of aromatic hydroxyl groups is 1. The smallest absolute Gasteiger partial charge is 0.326 e. The summed E-state index contributed by atoms with van der Waals surface area (Å²) in [4.78, 5) is 197. The van der Waals surface area contributed by atoms with E-state index in [0.29, 0.717) is 11.1 Å². The highest BCUT2D eigenvalue weighted by Gasteiger charge is 2.42. The molecule has 1 saturated heterocycles. The number of aliphatic hydroxyl groups excluding tert-OH is 2. The van der Waals surface area contributed by atoms with Crippen LogP contribution in [0.25, 0.3) is 0 Å². The molecule has 91 heavy (non-hydrogen) atoms. The summed E-state index contributed by atoms with van der Waals surface area (Å²) in [6.45, 7) is 4.47. The second-order valence-electron chi connectivity index (χ2n) is 22.3. The van der Waals surface area contributed by atoms with Crippen LogP contribution in [0.15, 0.2) is 54.6 Å². The summed E-state index contributed by atoms with van der Waals surface area (Å²) in [6.07, 6.45) is -3.97. The number of nitrogens with zero attached hydrogens (tertiary/aromatic N) is 1. The summed E-state index contributed by atoms with van der Waals surface area (Å²) in [5.41, 5.74) is 22.8. The monoisotopic (exact) mass is 1280 g/mol. The van der Waals surface area contributed by atoms with Gasteiger partial charge in [0.2, 0.25) is 82.7 Å². The van der Waals surface area contributed by atoms with Crippen LogP contribution in [0.5, 0.6) is 5.75 Å². The number of carboxylic acids is 1. The highest BCUT2D eigenvalue weighted by atomic mass is 16.4. The van der Waals surface area contributed by atoms with Crippen LogP contribution in [0.3, 0.4) is 0 Å². The number of carboxylic acid groups (broad SMARTS) is 1. The van der Waals surface area contributed by atoms with E-state index in [4.69, 9.17) is 22.9 Å². The SMILES string of the molecule is CC(C)[C@H](NC(=O)[C@H](CC(N)=O)NC(=O)[C@@H](NC(=O)[C@@H]1CCCN1C(=O)[C@@H](NC(=O)[C@H](Cc1ccccc1)NC(=O)[C@@H](N)CC(N)=O)C(C)C)[C@@H](C)O)C(=O)NCC(=O)N[C@@H](CO)C(=O)N[C@@H](CCC(N)=O)C(=O)NCC(=O)N[C@@H](Cc1ccc(O)cc1)C(=O)O. The first kappa shape index (κ1) is 75.4. The lowest BCUT2D eigenvalue weighted by molar-refractivity contribution is -0.144. The van der Waals surface area contributed by atoms with Gasteiger partial charge in [0.05, 0.1) is 44.7 Å². The maximum Gasteiger partial charge on any atom is 0.326 e. The third-order valence-electron chi connectivity index (χ3n) is 14.1. The molecule has 1 heterocycles. The van der Waals surface area contributed by atoms with Gasteiger partial charge in [-0.2, -0.15) is 0 Å². The van der Waals surface area contributed by atoms with Gasteiger partial charge in [0, 0.05) is 25.8 Å². The molecule has 11 atom stereocenters. The van der Waals surface area contributed by atoms with Crippen molar-refractivity contribution in [2.75, 3.05) is 26.2 Å². The third-order valence-corrected chi connectivity index (χ3v) is 14.1. The van der Waals surface area contributed by atoms with Gasteiger partial charge in [-0.1, -0.05) is 70.2 Å². The number of likely N-dealkylation sites (tertiary alicyclic amines) is 1. The van der Waals surface area contributed by atoms with Crippen LogP contribution < -0.4 is 76.1 Å². The number of hydrogen-bond acceptors (Lipinski definition) is 19. The quantitative estimate of drug-likeness (QED) is 0.0299. The number of carbonyl (C=O) groups is 15. The van der Waals surface area contributed by atoms with Crippen molar-refractivity contribution in [2.45, 2.75) is 153 Å². The molecule has 0 spiro atoms. The lowest BCUT2D eigenvalue weighted by atomic mass is 9.99. The van der Waals surface area contributed by atoms with Gasteiger partial charge in [-0.25, -0.2) is 4.79 Å². The molecule has 500 valence electrons. The molecule has 1 aliphatic rings. The summed E-state index contributed by atoms with van der Waals surface area (Å²) in [6, 6.07) is -1.40. The van der Waals surface area contributed by atoms with Crippen molar-refractivity contribution in [2.24, 2.45) is 34.8 Å². The first-order chi connectivity index (χ1) is 42.7. The van der Waals surface area contributed by atoms with Gasteiger partial charge >= 0.3 is 5.97 Å². The van der Waals surface area contributed by atoms with Crippen molar-refractivity contribution in [3.05, 3.63) is 65.7 Å². The van der Waals surface area contributed by atoms with Crippen molar-refractivity contribution in [3.8, 4) is 5.75 Å². The van der Waals surface area contributed by atoms with Gasteiger partial charge in [-0.3, -0.25) is 67.1 Å². The number of phenolic OH excluding ortho intramolecular Hbond substituents is 1. The van der Waals surface area contributed by atoms with Crippen molar-refractivity contribution in [3.63, 3.8) is 0 Å². The van der Waals surface area contributed by atoms with E-state index in [9.17, 15) is 92.3 Å². The summed E-state index contributed by atoms with van der Waals surface area (Å²) in [5, 5.41) is 63.2. The number of nitrogens with two attached hydrogens (primary N) is 4. The number of primary amides is 3. The Morgan fingerprint density at radius 2 is 1.04 bits per heavy atom. The molecule has 34 heteroatoms. The molecule has 3 rings (SSSR count). The van der Waals surface area contributed by atoms with E-state index in [1.54, 1.807) is 44.2 Å². The van der Waals surface area contributed by atoms with Crippen LogP contribution in [-0.2, 0) is 84.8 Å². The highest BCUT2D eigenvalue weighted by molar-refractivity contribution is 6.00. The van der Waals surface area contributed by atoms with E-state index < -0.39 is 212 Å². The molecule has 1 aliphatic heterocycles. The number of phenols is 1. The number of nitrogens with one attached hydrogen (secondary N) is 10. The van der Waals surface area contributed by atoms with E-state index >= 15 is 0 Å². The number of benzene rings is 2. The molecule has 1 fully saturated rings. The fraction of sp³-hybridized carbons (Fsp3) is 0.526. The molecule has 0 radical (unpaired) electrons. The van der Waals surface area contributed by atoms with Crippen molar-refractivity contribution < 1.29 is 92.3 Å². The number of hydrogen-bond donors (Lipinski definition) is 18. The van der Waals surface area contributed by atoms with E-state index in [-0.39, 0.29) is 38.0 Å². The Hall–Kier alpha value is -9.83. The van der Waals surface area contributed by atoms with Crippen LogP contribution in [0.1, 0.15) is 84.3 Å². The number of amides is 14. The molecule has 14 amide bonds. The lowest BCUT2D eigenvalue weighted by Crippen LogP contribution is -2.62. The van der Waals surface area contributed by atoms with Crippen molar-refractivity contribution >= 4 is 88.7 Å². The molecule has 34 nitrogen and oxygen atoms in total. The van der Waals surface area contributed by atoms with E-state index in [0.717, 1.165) is 6.92 Å². The fourth-order valence-electron chi connectivity index (χ4n) is 9.16. The summed E-state index contributed by atoms with van der Waals surface area (Å²) in [5.74, 6) is -16.9. The largest absolute Gasteiger partial charge is 0.508 e. The number of rotatable bonds is 37. The molecule has 0 bridgehead atoms. The Morgan fingerprint density at radius 3 is 1.58 bits per heavy atom. The van der Waals surface area contributed by atoms with Crippen LogP contribution in [0, 0.1) is 11.8 Å². The van der Waals surface area contributed by atoms with Gasteiger partial charge in [0.25, 0.3) is 0 Å². The van der Waals surface area contributed by atoms with Crippen LogP contribution in [0.4, 0.5) is 0 Å².